The maximum absolute atomic E-state index is 14.4. The van der Waals surface area contributed by atoms with Gasteiger partial charge in [-0.2, -0.15) is 12.5 Å². The number of halogens is 1. The van der Waals surface area contributed by atoms with E-state index in [9.17, 15) is 14.0 Å². The molecule has 3 aliphatic rings. The molecule has 0 saturated heterocycles. The van der Waals surface area contributed by atoms with Gasteiger partial charge in [0.25, 0.3) is 0 Å². The normalized spacial score (nSPS) is 27.0. The molecule has 3 unspecified atom stereocenters. The molecular weight excluding hydrogens is 374 g/mol. The van der Waals surface area contributed by atoms with E-state index in [1.54, 1.807) is 26.8 Å². The summed E-state index contributed by atoms with van der Waals surface area (Å²) in [7, 11) is 0. The Labute approximate surface area is 161 Å². The van der Waals surface area contributed by atoms with Crippen LogP contribution in [0, 0.1) is 11.7 Å². The van der Waals surface area contributed by atoms with Crippen LogP contribution in [0.3, 0.4) is 0 Å². The van der Waals surface area contributed by atoms with Gasteiger partial charge in [-0.05, 0) is 51.3 Å². The molecule has 0 N–H and O–H groups in total. The van der Waals surface area contributed by atoms with Crippen LogP contribution < -0.4 is 0 Å². The van der Waals surface area contributed by atoms with Crippen molar-refractivity contribution in [3.8, 4) is 0 Å². The van der Waals surface area contributed by atoms with Gasteiger partial charge in [-0.3, -0.25) is 9.80 Å². The maximum atomic E-state index is 14.4. The Morgan fingerprint density at radius 3 is 2.88 bits per heavy atom. The highest BCUT2D eigenvalue weighted by molar-refractivity contribution is 8.17. The third-order valence-corrected chi connectivity index (χ3v) is 6.39. The summed E-state index contributed by atoms with van der Waals surface area (Å²) in [4.78, 5) is 31.5. The lowest BCUT2D eigenvalue weighted by molar-refractivity contribution is 0.0459. The van der Waals surface area contributed by atoms with Gasteiger partial charge in [-0.15, -0.1) is 0 Å². The van der Waals surface area contributed by atoms with Crippen LogP contribution in [-0.2, 0) is 4.74 Å². The number of thioether (sulfide) groups is 1. The third kappa shape index (κ3) is 3.05. The molecule has 136 valence electrons. The summed E-state index contributed by atoms with van der Waals surface area (Å²) in [6.45, 7) is 5.26. The van der Waals surface area contributed by atoms with Crippen molar-refractivity contribution in [3.05, 3.63) is 35.1 Å². The summed E-state index contributed by atoms with van der Waals surface area (Å²) in [6.07, 6.45) is -0.854. The molecule has 0 radical (unpaired) electrons. The third-order valence-electron chi connectivity index (χ3n) is 4.57. The first kappa shape index (κ1) is 17.9. The van der Waals surface area contributed by atoms with E-state index >= 15 is 0 Å². The second-order valence-electron chi connectivity index (χ2n) is 7.74. The second-order valence-corrected chi connectivity index (χ2v) is 9.43. The van der Waals surface area contributed by atoms with Crippen molar-refractivity contribution in [1.82, 2.24) is 4.81 Å². The molecule has 0 spiro atoms. The standard InChI is InChI=1S/C17H18BFN2O3S2/c1-17(2,3)24-16(23)21-15-20-13(10-7-12(10)26-15)9-6-8(4-5-11(9)19)14(22)18(21)25/h4-6,10,12-13,25H,7H2,1-3H3. The topological polar surface area (TPSA) is 59.0 Å². The number of fused-ring (bicyclic) bond motifs is 6. The number of benzene rings is 1. The summed E-state index contributed by atoms with van der Waals surface area (Å²) in [5, 5.41) is 0.632. The van der Waals surface area contributed by atoms with Gasteiger partial charge in [0, 0.05) is 16.4 Å². The Bertz CT molecular complexity index is 842. The Morgan fingerprint density at radius 1 is 1.46 bits per heavy atom. The molecule has 0 aromatic heterocycles. The molecule has 1 aromatic rings. The average Bonchev–Trinajstić information content (AvgIpc) is 3.31. The predicted molar refractivity (Wildman–Crippen MR) is 103 cm³/mol. The summed E-state index contributed by atoms with van der Waals surface area (Å²) in [5.41, 5.74) is -0.379. The Kier molecular flexibility index (Phi) is 4.15. The number of hydrogen-bond donors (Lipinski definition) is 1. The van der Waals surface area contributed by atoms with Crippen LogP contribution in [0.2, 0.25) is 0 Å². The first-order valence-electron chi connectivity index (χ1n) is 8.44. The molecule has 1 aromatic carbocycles. The van der Waals surface area contributed by atoms with Crippen molar-refractivity contribution in [2.75, 3.05) is 0 Å². The highest BCUT2D eigenvalue weighted by Gasteiger charge is 2.52. The van der Waals surface area contributed by atoms with Gasteiger partial charge in [0.15, 0.2) is 10.9 Å². The predicted octanol–water partition coefficient (Wildman–Crippen LogP) is 3.75. The van der Waals surface area contributed by atoms with E-state index in [1.165, 1.54) is 28.7 Å². The van der Waals surface area contributed by atoms with Gasteiger partial charge in [-0.1, -0.05) is 11.8 Å². The van der Waals surface area contributed by atoms with Crippen molar-refractivity contribution in [1.29, 1.82) is 0 Å². The number of amidine groups is 1. The molecule has 26 heavy (non-hydrogen) atoms. The fraction of sp³-hybridized carbons (Fsp3) is 0.471. The minimum Gasteiger partial charge on any atom is -0.444 e. The molecular formula is C17H18BFN2O3S2. The highest BCUT2D eigenvalue weighted by Crippen LogP contribution is 2.55. The fourth-order valence-corrected chi connectivity index (χ4v) is 5.05. The van der Waals surface area contributed by atoms with Gasteiger partial charge < -0.3 is 9.53 Å². The largest absolute Gasteiger partial charge is 0.444 e. The molecule has 4 bridgehead atoms. The number of carbonyl (C=O) groups excluding carboxylic acids is 2. The molecule has 2 heterocycles. The molecule has 9 heteroatoms. The van der Waals surface area contributed by atoms with Crippen molar-refractivity contribution >= 4 is 47.3 Å². The van der Waals surface area contributed by atoms with Crippen LogP contribution in [0.15, 0.2) is 23.2 Å². The van der Waals surface area contributed by atoms with Gasteiger partial charge in [0.05, 0.1) is 6.04 Å². The van der Waals surface area contributed by atoms with Crippen LogP contribution in [0.5, 0.6) is 0 Å². The zero-order chi connectivity index (χ0) is 18.8. The molecule has 1 saturated carbocycles. The van der Waals surface area contributed by atoms with Crippen LogP contribution in [0.25, 0.3) is 0 Å². The zero-order valence-electron chi connectivity index (χ0n) is 14.6. The van der Waals surface area contributed by atoms with E-state index in [2.05, 4.69) is 17.5 Å². The van der Waals surface area contributed by atoms with E-state index in [1.807, 2.05) is 0 Å². The van der Waals surface area contributed by atoms with E-state index in [0.29, 0.717) is 16.3 Å². The fourth-order valence-electron chi connectivity index (χ4n) is 3.24. The van der Waals surface area contributed by atoms with E-state index in [-0.39, 0.29) is 22.7 Å². The van der Waals surface area contributed by atoms with Crippen LogP contribution in [0.1, 0.15) is 49.2 Å². The average molecular weight is 392 g/mol. The quantitative estimate of drug-likeness (QED) is 0.540. The minimum absolute atomic E-state index is 0.223. The van der Waals surface area contributed by atoms with Crippen molar-refractivity contribution < 1.29 is 18.7 Å². The number of nitrogens with zero attached hydrogens (tertiary/aromatic N) is 2. The number of aliphatic imine (C=N–C) groups is 1. The molecule has 1 amide bonds. The summed E-state index contributed by atoms with van der Waals surface area (Å²) in [6, 6.07) is 3.87. The molecule has 2 aliphatic heterocycles. The number of hydrogen-bond acceptors (Lipinski definition) is 6. The van der Waals surface area contributed by atoms with Crippen molar-refractivity contribution in [3.63, 3.8) is 0 Å². The molecule has 1 aliphatic carbocycles. The van der Waals surface area contributed by atoms with E-state index in [4.69, 9.17) is 4.74 Å². The molecule has 4 rings (SSSR count). The first-order chi connectivity index (χ1) is 12.2. The Morgan fingerprint density at radius 2 is 2.19 bits per heavy atom. The Balaban J connectivity index is 1.83. The van der Waals surface area contributed by atoms with Gasteiger partial charge >= 0.3 is 12.2 Å². The lowest BCUT2D eigenvalue weighted by Crippen LogP contribution is -2.50. The summed E-state index contributed by atoms with van der Waals surface area (Å²) < 4.78 is 19.9. The number of ether oxygens (including phenoxy) is 1. The Hall–Kier alpha value is -1.48. The monoisotopic (exact) mass is 392 g/mol. The highest BCUT2D eigenvalue weighted by atomic mass is 32.2. The van der Waals surface area contributed by atoms with Crippen molar-refractivity contribution in [2.45, 2.75) is 44.1 Å². The maximum Gasteiger partial charge on any atom is 0.414 e. The van der Waals surface area contributed by atoms with Gasteiger partial charge in [-0.25, -0.2) is 9.18 Å². The van der Waals surface area contributed by atoms with Crippen LogP contribution in [-0.4, -0.2) is 38.7 Å². The molecule has 5 nitrogen and oxygen atoms in total. The van der Waals surface area contributed by atoms with Gasteiger partial charge in [0.2, 0.25) is 0 Å². The first-order valence-corrected chi connectivity index (χ1v) is 9.84. The summed E-state index contributed by atoms with van der Waals surface area (Å²) in [5.74, 6) is -0.158. The SMILES string of the molecule is CC(C)(C)OC(=O)N1B(S)C(=O)c2ccc(F)c(c2)C2N=C1SC1CC12. The smallest absolute Gasteiger partial charge is 0.414 e. The number of rotatable bonds is 0. The zero-order valence-corrected chi connectivity index (χ0v) is 16.3. The number of carbonyl (C=O) groups is 2. The summed E-state index contributed by atoms with van der Waals surface area (Å²) >= 11 is 5.84. The number of thiol groups is 1. The van der Waals surface area contributed by atoms with E-state index in [0.717, 1.165) is 6.42 Å². The van der Waals surface area contributed by atoms with Crippen molar-refractivity contribution in [2.24, 2.45) is 10.9 Å². The molecule has 1 fully saturated rings. The second kappa shape index (κ2) is 6.02. The van der Waals surface area contributed by atoms with Gasteiger partial charge in [0.1, 0.15) is 11.4 Å². The molecule has 3 atom stereocenters. The van der Waals surface area contributed by atoms with Crippen LogP contribution in [0.4, 0.5) is 9.18 Å². The van der Waals surface area contributed by atoms with E-state index < -0.39 is 23.9 Å². The minimum atomic E-state index is -1.08. The lowest BCUT2D eigenvalue weighted by Gasteiger charge is -2.31. The number of amides is 1. The lowest BCUT2D eigenvalue weighted by atomic mass is 9.78. The van der Waals surface area contributed by atoms with Crippen LogP contribution >= 0.6 is 24.2 Å².